The summed E-state index contributed by atoms with van der Waals surface area (Å²) >= 11 is 0. The Morgan fingerprint density at radius 3 is 2.78 bits per heavy atom. The van der Waals surface area contributed by atoms with E-state index in [1.807, 2.05) is 5.43 Å². The minimum atomic E-state index is -4.28. The van der Waals surface area contributed by atoms with Crippen molar-refractivity contribution in [2.24, 2.45) is 5.84 Å². The topological polar surface area (TPSA) is 84.4 Å². The van der Waals surface area contributed by atoms with E-state index in [1.54, 1.807) is 6.92 Å². The van der Waals surface area contributed by atoms with E-state index in [1.165, 1.54) is 6.07 Å². The molecule has 1 aromatic heterocycles. The van der Waals surface area contributed by atoms with E-state index in [2.05, 4.69) is 5.16 Å². The molecule has 0 unspecified atom stereocenters. The lowest BCUT2D eigenvalue weighted by molar-refractivity contribution is -0.147. The summed E-state index contributed by atoms with van der Waals surface area (Å²) in [5.74, 6) is 4.39. The van der Waals surface area contributed by atoms with Crippen molar-refractivity contribution in [2.75, 3.05) is 13.1 Å². The van der Waals surface area contributed by atoms with Crippen molar-refractivity contribution in [3.05, 3.63) is 17.5 Å². The van der Waals surface area contributed by atoms with E-state index in [4.69, 9.17) is 10.4 Å². The molecular weight excluding hydrogens is 253 g/mol. The molecule has 9 heteroatoms. The number of hydrazine groups is 1. The van der Waals surface area contributed by atoms with E-state index in [9.17, 15) is 18.0 Å². The fourth-order valence-electron chi connectivity index (χ4n) is 1.32. The first kappa shape index (κ1) is 14.5. The molecule has 0 aliphatic rings. The Hall–Kier alpha value is -1.61. The molecule has 1 heterocycles. The van der Waals surface area contributed by atoms with Crippen molar-refractivity contribution < 1.29 is 22.5 Å². The summed E-state index contributed by atoms with van der Waals surface area (Å²) in [6.45, 7) is 0.651. The summed E-state index contributed by atoms with van der Waals surface area (Å²) in [5.41, 5.74) is 1.77. The molecule has 1 aromatic rings. The fourth-order valence-corrected chi connectivity index (χ4v) is 1.32. The Morgan fingerprint density at radius 1 is 1.61 bits per heavy atom. The maximum Gasteiger partial charge on any atom is 0.401 e. The summed E-state index contributed by atoms with van der Waals surface area (Å²) in [4.78, 5) is 12.2. The van der Waals surface area contributed by atoms with Crippen LogP contribution in [0.4, 0.5) is 13.2 Å². The number of nitrogens with zero attached hydrogens (tertiary/aromatic N) is 2. The van der Waals surface area contributed by atoms with Crippen LogP contribution in [-0.4, -0.2) is 35.2 Å². The molecule has 0 fully saturated rings. The van der Waals surface area contributed by atoms with Gasteiger partial charge < -0.3 is 4.52 Å². The average molecular weight is 266 g/mol. The quantitative estimate of drug-likeness (QED) is 0.464. The molecule has 1 amide bonds. The Morgan fingerprint density at radius 2 is 2.28 bits per heavy atom. The van der Waals surface area contributed by atoms with Crippen molar-refractivity contribution >= 4 is 5.91 Å². The zero-order chi connectivity index (χ0) is 13.8. The summed E-state index contributed by atoms with van der Waals surface area (Å²) in [7, 11) is 0. The van der Waals surface area contributed by atoms with Gasteiger partial charge >= 0.3 is 6.18 Å². The minimum Gasteiger partial charge on any atom is -0.359 e. The molecule has 0 bridgehead atoms. The summed E-state index contributed by atoms with van der Waals surface area (Å²) in [6.07, 6.45) is -4.28. The molecule has 3 N–H and O–H groups in total. The molecule has 0 spiro atoms. The van der Waals surface area contributed by atoms with E-state index in [0.29, 0.717) is 0 Å². The molecule has 18 heavy (non-hydrogen) atoms. The van der Waals surface area contributed by atoms with Crippen molar-refractivity contribution in [3.8, 4) is 0 Å². The standard InChI is InChI=1S/C9H13F3N4O2/c1-2-16(5-9(10,11)12)4-6-3-7(15-18-6)8(17)14-13/h3H,2,4-5,13H2,1H3,(H,14,17). The number of nitrogen functional groups attached to an aromatic ring is 1. The Bertz CT molecular complexity index is 405. The second-order valence-electron chi connectivity index (χ2n) is 3.57. The second kappa shape index (κ2) is 5.83. The highest BCUT2D eigenvalue weighted by molar-refractivity contribution is 5.91. The van der Waals surface area contributed by atoms with Crippen LogP contribution in [0.1, 0.15) is 23.2 Å². The predicted molar refractivity (Wildman–Crippen MR) is 55.2 cm³/mol. The van der Waals surface area contributed by atoms with Crippen LogP contribution in [0.3, 0.4) is 0 Å². The number of aromatic nitrogens is 1. The molecule has 0 aromatic carbocycles. The van der Waals surface area contributed by atoms with E-state index < -0.39 is 18.6 Å². The van der Waals surface area contributed by atoms with Crippen molar-refractivity contribution in [2.45, 2.75) is 19.6 Å². The SMILES string of the molecule is CCN(Cc1cc(C(=O)NN)no1)CC(F)(F)F. The van der Waals surface area contributed by atoms with Gasteiger partial charge in [0.1, 0.15) is 0 Å². The van der Waals surface area contributed by atoms with Gasteiger partial charge in [-0.25, -0.2) is 5.84 Å². The van der Waals surface area contributed by atoms with Crippen LogP contribution < -0.4 is 11.3 Å². The van der Waals surface area contributed by atoms with Crippen LogP contribution in [0, 0.1) is 0 Å². The van der Waals surface area contributed by atoms with Crippen molar-refractivity contribution in [1.29, 1.82) is 0 Å². The third-order valence-electron chi connectivity index (χ3n) is 2.15. The van der Waals surface area contributed by atoms with Gasteiger partial charge in [0.2, 0.25) is 0 Å². The van der Waals surface area contributed by atoms with Gasteiger partial charge in [-0.1, -0.05) is 12.1 Å². The number of hydrogen-bond acceptors (Lipinski definition) is 5. The van der Waals surface area contributed by atoms with E-state index in [0.717, 1.165) is 4.90 Å². The summed E-state index contributed by atoms with van der Waals surface area (Å²) in [6, 6.07) is 1.25. The van der Waals surface area contributed by atoms with Crippen molar-refractivity contribution in [1.82, 2.24) is 15.5 Å². The van der Waals surface area contributed by atoms with Gasteiger partial charge in [0.05, 0.1) is 13.1 Å². The van der Waals surface area contributed by atoms with E-state index >= 15 is 0 Å². The molecule has 0 atom stereocenters. The van der Waals surface area contributed by atoms with Crippen LogP contribution in [-0.2, 0) is 6.54 Å². The molecule has 1 rings (SSSR count). The van der Waals surface area contributed by atoms with Gasteiger partial charge in [-0.15, -0.1) is 0 Å². The number of hydrogen-bond donors (Lipinski definition) is 2. The number of nitrogens with two attached hydrogens (primary N) is 1. The number of nitrogens with one attached hydrogen (secondary N) is 1. The lowest BCUT2D eigenvalue weighted by Gasteiger charge is -2.20. The summed E-state index contributed by atoms with van der Waals surface area (Å²) in [5, 5.41) is 3.40. The largest absolute Gasteiger partial charge is 0.401 e. The zero-order valence-electron chi connectivity index (χ0n) is 9.62. The van der Waals surface area contributed by atoms with Gasteiger partial charge in [0.25, 0.3) is 5.91 Å². The Kier molecular flexibility index (Phi) is 4.68. The number of carbonyl (C=O) groups is 1. The molecule has 0 saturated heterocycles. The maximum absolute atomic E-state index is 12.2. The lowest BCUT2D eigenvalue weighted by Crippen LogP contribution is -2.33. The molecule has 0 aliphatic heterocycles. The van der Waals surface area contributed by atoms with Crippen LogP contribution in [0.2, 0.25) is 0 Å². The molecule has 0 radical (unpaired) electrons. The highest BCUT2D eigenvalue weighted by Crippen LogP contribution is 2.18. The smallest absolute Gasteiger partial charge is 0.359 e. The number of halogens is 3. The summed E-state index contributed by atoms with van der Waals surface area (Å²) < 4.78 is 41.4. The van der Waals surface area contributed by atoms with Gasteiger partial charge in [0.15, 0.2) is 11.5 Å². The highest BCUT2D eigenvalue weighted by atomic mass is 19.4. The fraction of sp³-hybridized carbons (Fsp3) is 0.556. The van der Waals surface area contributed by atoms with Crippen LogP contribution in [0.25, 0.3) is 0 Å². The maximum atomic E-state index is 12.2. The Balaban J connectivity index is 2.65. The monoisotopic (exact) mass is 266 g/mol. The molecule has 0 saturated carbocycles. The van der Waals surface area contributed by atoms with E-state index in [-0.39, 0.29) is 24.5 Å². The zero-order valence-corrected chi connectivity index (χ0v) is 9.62. The number of amides is 1. The first-order chi connectivity index (χ1) is 8.35. The molecule has 0 aliphatic carbocycles. The van der Waals surface area contributed by atoms with Gasteiger partial charge in [-0.2, -0.15) is 13.2 Å². The molecule has 102 valence electrons. The van der Waals surface area contributed by atoms with Gasteiger partial charge in [-0.05, 0) is 6.54 Å². The molecule has 6 nitrogen and oxygen atoms in total. The normalized spacial score (nSPS) is 11.9. The number of alkyl halides is 3. The predicted octanol–water partition coefficient (Wildman–Crippen LogP) is 0.662. The average Bonchev–Trinajstić information content (AvgIpc) is 2.73. The number of carbonyl (C=O) groups excluding carboxylic acids is 1. The lowest BCUT2D eigenvalue weighted by atomic mass is 10.3. The van der Waals surface area contributed by atoms with Crippen molar-refractivity contribution in [3.63, 3.8) is 0 Å². The Labute approximate surface area is 101 Å². The van der Waals surface area contributed by atoms with Crippen LogP contribution >= 0.6 is 0 Å². The van der Waals surface area contributed by atoms with Gasteiger partial charge in [0, 0.05) is 6.07 Å². The highest BCUT2D eigenvalue weighted by Gasteiger charge is 2.30. The third kappa shape index (κ3) is 4.34. The van der Waals surface area contributed by atoms with Gasteiger partial charge in [-0.3, -0.25) is 15.1 Å². The first-order valence-electron chi connectivity index (χ1n) is 5.11. The minimum absolute atomic E-state index is 0.0736. The molecular formula is C9H13F3N4O2. The van der Waals surface area contributed by atoms with Crippen LogP contribution in [0.15, 0.2) is 10.6 Å². The third-order valence-corrected chi connectivity index (χ3v) is 2.15. The van der Waals surface area contributed by atoms with Crippen LogP contribution in [0.5, 0.6) is 0 Å². The first-order valence-corrected chi connectivity index (χ1v) is 5.11. The number of rotatable bonds is 5. The second-order valence-corrected chi connectivity index (χ2v) is 3.57.